The number of anilines is 1. The lowest BCUT2D eigenvalue weighted by Crippen LogP contribution is -2.33. The normalized spacial score (nSPS) is 35.9. The van der Waals surface area contributed by atoms with E-state index in [1.54, 1.807) is 0 Å². The highest BCUT2D eigenvalue weighted by atomic mass is 16.6. The van der Waals surface area contributed by atoms with Crippen LogP contribution in [0.2, 0.25) is 0 Å². The number of nitrogens with two attached hydrogens (primary N) is 1. The molecule has 15 heavy (non-hydrogen) atoms. The number of nitrogen functional groups attached to an aromatic ring is 1. The van der Waals surface area contributed by atoms with Crippen molar-refractivity contribution in [2.45, 2.75) is 24.5 Å². The van der Waals surface area contributed by atoms with Crippen LogP contribution in [-0.2, 0) is 4.74 Å². The molecule has 0 saturated carbocycles. The standard InChI is InChI=1S/C8H13N3O4/c9-5-1-10-3-11(5)8-7(14)6(13)4(2-12)15-8/h1,3-4,6-8,12-14H,2,9H2/t4-,6-,7-,8-/m1/s1/i7+1. The molecule has 2 heterocycles. The third kappa shape index (κ3) is 1.59. The molecule has 1 fully saturated rings. The average Bonchev–Trinajstić information content (AvgIpc) is 2.74. The van der Waals surface area contributed by atoms with Crippen LogP contribution in [0.15, 0.2) is 12.5 Å². The fourth-order valence-corrected chi connectivity index (χ4v) is 1.64. The molecule has 7 heteroatoms. The number of aliphatic hydroxyl groups excluding tert-OH is 3. The molecule has 1 aliphatic rings. The van der Waals surface area contributed by atoms with Crippen molar-refractivity contribution < 1.29 is 20.1 Å². The van der Waals surface area contributed by atoms with Gasteiger partial charge in [-0.3, -0.25) is 4.57 Å². The first-order chi connectivity index (χ1) is 7.15. The highest BCUT2D eigenvalue weighted by Gasteiger charge is 2.43. The van der Waals surface area contributed by atoms with E-state index in [4.69, 9.17) is 15.6 Å². The van der Waals surface area contributed by atoms with Crippen molar-refractivity contribution in [3.8, 4) is 0 Å². The van der Waals surface area contributed by atoms with Gasteiger partial charge in [0, 0.05) is 0 Å². The second-order valence-corrected chi connectivity index (χ2v) is 3.45. The van der Waals surface area contributed by atoms with Crippen molar-refractivity contribution in [2.24, 2.45) is 0 Å². The van der Waals surface area contributed by atoms with Crippen LogP contribution in [-0.4, -0.2) is 49.8 Å². The van der Waals surface area contributed by atoms with Gasteiger partial charge in [-0.05, 0) is 0 Å². The van der Waals surface area contributed by atoms with Gasteiger partial charge in [-0.2, -0.15) is 0 Å². The van der Waals surface area contributed by atoms with E-state index in [0.29, 0.717) is 5.82 Å². The SMILES string of the molecule is Nc1cncn1[C@@H]1O[C@H](CO)[C@@H](O)[13C@H]1O. The molecule has 4 atom stereocenters. The van der Waals surface area contributed by atoms with E-state index < -0.39 is 24.5 Å². The molecule has 7 nitrogen and oxygen atoms in total. The second-order valence-electron chi connectivity index (χ2n) is 3.45. The summed E-state index contributed by atoms with van der Waals surface area (Å²) in [5.74, 6) is 0.324. The number of imidazole rings is 1. The van der Waals surface area contributed by atoms with Gasteiger partial charge < -0.3 is 25.8 Å². The number of rotatable bonds is 2. The molecular weight excluding hydrogens is 203 g/mol. The van der Waals surface area contributed by atoms with Crippen molar-refractivity contribution in [3.05, 3.63) is 12.5 Å². The molecule has 0 radical (unpaired) electrons. The minimum Gasteiger partial charge on any atom is -0.394 e. The highest BCUT2D eigenvalue weighted by Crippen LogP contribution is 2.30. The third-order valence-corrected chi connectivity index (χ3v) is 2.49. The molecule has 1 saturated heterocycles. The number of hydrogen-bond donors (Lipinski definition) is 4. The topological polar surface area (TPSA) is 114 Å². The lowest BCUT2D eigenvalue weighted by Gasteiger charge is -2.16. The molecule has 0 bridgehead atoms. The molecule has 0 spiro atoms. The van der Waals surface area contributed by atoms with Crippen molar-refractivity contribution >= 4 is 5.82 Å². The van der Waals surface area contributed by atoms with E-state index >= 15 is 0 Å². The monoisotopic (exact) mass is 216 g/mol. The van der Waals surface area contributed by atoms with Gasteiger partial charge in [-0.25, -0.2) is 4.98 Å². The number of aromatic nitrogens is 2. The summed E-state index contributed by atoms with van der Waals surface area (Å²) in [5, 5.41) is 28.1. The Balaban J connectivity index is 2.22. The van der Waals surface area contributed by atoms with E-state index in [-0.39, 0.29) is 6.61 Å². The van der Waals surface area contributed by atoms with Crippen molar-refractivity contribution in [1.82, 2.24) is 9.55 Å². The summed E-state index contributed by atoms with van der Waals surface area (Å²) in [6.07, 6.45) is -1.04. The largest absolute Gasteiger partial charge is 0.394 e. The van der Waals surface area contributed by atoms with Crippen molar-refractivity contribution in [1.29, 1.82) is 0 Å². The average molecular weight is 216 g/mol. The first-order valence-corrected chi connectivity index (χ1v) is 4.55. The van der Waals surface area contributed by atoms with Crippen LogP contribution in [0.3, 0.4) is 0 Å². The highest BCUT2D eigenvalue weighted by molar-refractivity contribution is 5.25. The van der Waals surface area contributed by atoms with Gasteiger partial charge in [0.15, 0.2) is 6.23 Å². The molecule has 1 aromatic heterocycles. The fourth-order valence-electron chi connectivity index (χ4n) is 1.64. The molecule has 1 aliphatic heterocycles. The summed E-state index contributed by atoms with van der Waals surface area (Å²) in [5.41, 5.74) is 5.58. The summed E-state index contributed by atoms with van der Waals surface area (Å²) >= 11 is 0. The Labute approximate surface area is 85.7 Å². The summed E-state index contributed by atoms with van der Waals surface area (Å²) in [4.78, 5) is 3.78. The maximum atomic E-state index is 9.66. The Morgan fingerprint density at radius 2 is 2.20 bits per heavy atom. The zero-order chi connectivity index (χ0) is 11.0. The zero-order valence-corrected chi connectivity index (χ0v) is 7.89. The number of nitrogens with zero attached hydrogens (tertiary/aromatic N) is 2. The van der Waals surface area contributed by atoms with Gasteiger partial charge in [-0.1, -0.05) is 0 Å². The van der Waals surface area contributed by atoms with Gasteiger partial charge in [0.1, 0.15) is 24.1 Å². The van der Waals surface area contributed by atoms with Gasteiger partial charge in [-0.15, -0.1) is 0 Å². The van der Waals surface area contributed by atoms with Crippen LogP contribution in [0.5, 0.6) is 0 Å². The molecule has 2 rings (SSSR count). The van der Waals surface area contributed by atoms with Gasteiger partial charge in [0.25, 0.3) is 0 Å². The lowest BCUT2D eigenvalue weighted by atomic mass is 10.3. The van der Waals surface area contributed by atoms with Crippen LogP contribution in [0.4, 0.5) is 5.82 Å². The molecule has 1 aromatic rings. The molecular formula is C8H13N3O4. The Bertz CT molecular complexity index is 342. The Kier molecular flexibility index (Phi) is 2.61. The van der Waals surface area contributed by atoms with E-state index in [1.165, 1.54) is 17.1 Å². The first kappa shape index (κ1) is 10.4. The van der Waals surface area contributed by atoms with Crippen LogP contribution in [0, 0.1) is 0 Å². The predicted octanol–water partition coefficient (Wildman–Crippen LogP) is -1.92. The third-order valence-electron chi connectivity index (χ3n) is 2.49. The summed E-state index contributed by atoms with van der Waals surface area (Å²) in [6.45, 7) is -0.358. The van der Waals surface area contributed by atoms with Gasteiger partial charge >= 0.3 is 0 Å². The van der Waals surface area contributed by atoms with Crippen LogP contribution in [0.1, 0.15) is 6.23 Å². The predicted molar refractivity (Wildman–Crippen MR) is 49.6 cm³/mol. The minimum absolute atomic E-state index is 0.324. The fraction of sp³-hybridized carbons (Fsp3) is 0.625. The van der Waals surface area contributed by atoms with Crippen LogP contribution < -0.4 is 5.73 Å². The van der Waals surface area contributed by atoms with Gasteiger partial charge in [0.2, 0.25) is 0 Å². The van der Waals surface area contributed by atoms with E-state index in [2.05, 4.69) is 4.98 Å². The van der Waals surface area contributed by atoms with E-state index in [1.807, 2.05) is 0 Å². The quantitative estimate of drug-likeness (QED) is 0.428. The Morgan fingerprint density at radius 1 is 1.47 bits per heavy atom. The molecule has 84 valence electrons. The molecule has 0 amide bonds. The number of hydrogen-bond acceptors (Lipinski definition) is 6. The Morgan fingerprint density at radius 3 is 2.67 bits per heavy atom. The molecule has 0 unspecified atom stereocenters. The number of aliphatic hydroxyl groups is 3. The summed E-state index contributed by atoms with van der Waals surface area (Å²) in [7, 11) is 0. The minimum atomic E-state index is -1.13. The summed E-state index contributed by atoms with van der Waals surface area (Å²) < 4.78 is 6.66. The zero-order valence-electron chi connectivity index (χ0n) is 7.89. The van der Waals surface area contributed by atoms with E-state index in [9.17, 15) is 10.2 Å². The lowest BCUT2D eigenvalue weighted by molar-refractivity contribution is -0.0517. The van der Waals surface area contributed by atoms with Crippen LogP contribution >= 0.6 is 0 Å². The Hall–Kier alpha value is -1.15. The summed E-state index contributed by atoms with van der Waals surface area (Å²) in [6, 6.07) is 0. The smallest absolute Gasteiger partial charge is 0.165 e. The van der Waals surface area contributed by atoms with Crippen molar-refractivity contribution in [2.75, 3.05) is 12.3 Å². The number of ether oxygens (including phenoxy) is 1. The maximum absolute atomic E-state index is 9.66. The molecule has 0 aliphatic carbocycles. The van der Waals surface area contributed by atoms with Gasteiger partial charge in [0.05, 0.1) is 19.1 Å². The maximum Gasteiger partial charge on any atom is 0.165 e. The van der Waals surface area contributed by atoms with E-state index in [0.717, 1.165) is 0 Å². The van der Waals surface area contributed by atoms with Crippen molar-refractivity contribution in [3.63, 3.8) is 0 Å². The van der Waals surface area contributed by atoms with Crippen LogP contribution in [0.25, 0.3) is 0 Å². The molecule has 5 N–H and O–H groups in total. The first-order valence-electron chi connectivity index (χ1n) is 4.55. The molecule has 0 aromatic carbocycles. The second kappa shape index (κ2) is 3.78.